The zero-order valence-corrected chi connectivity index (χ0v) is 11.6. The molecule has 0 spiro atoms. The van der Waals surface area contributed by atoms with E-state index < -0.39 is 11.6 Å². The van der Waals surface area contributed by atoms with Gasteiger partial charge in [0.1, 0.15) is 4.60 Å². The number of piperidine rings is 1. The molecule has 0 N–H and O–H groups in total. The van der Waals surface area contributed by atoms with E-state index in [0.29, 0.717) is 0 Å². The molecule has 2 heterocycles. The van der Waals surface area contributed by atoms with Gasteiger partial charge < -0.3 is 4.90 Å². The molecule has 0 bridgehead atoms. The summed E-state index contributed by atoms with van der Waals surface area (Å²) < 4.78 is 27.0. The Labute approximate surface area is 109 Å². The molecular formula is C10H10Br2F2N2. The average molecular weight is 356 g/mol. The maximum Gasteiger partial charge on any atom is 0.182 e. The summed E-state index contributed by atoms with van der Waals surface area (Å²) >= 11 is 5.89. The third-order valence-electron chi connectivity index (χ3n) is 2.62. The highest BCUT2D eigenvalue weighted by molar-refractivity contribution is 9.11. The van der Waals surface area contributed by atoms with Gasteiger partial charge >= 0.3 is 0 Å². The molecular weight excluding hydrogens is 346 g/mol. The number of hydrogen-bond donors (Lipinski definition) is 0. The van der Waals surface area contributed by atoms with Gasteiger partial charge in [0, 0.05) is 13.1 Å². The Kier molecular flexibility index (Phi) is 3.79. The van der Waals surface area contributed by atoms with Gasteiger partial charge in [-0.05, 0) is 51.1 Å². The molecule has 0 radical (unpaired) electrons. The SMILES string of the molecule is Fc1c(Br)nc(N2CCCCC2)c(F)c1Br. The van der Waals surface area contributed by atoms with Gasteiger partial charge in [-0.1, -0.05) is 0 Å². The molecule has 6 heteroatoms. The first-order valence-corrected chi connectivity index (χ1v) is 6.65. The lowest BCUT2D eigenvalue weighted by Gasteiger charge is -2.28. The van der Waals surface area contributed by atoms with Crippen LogP contribution in [0, 0.1) is 11.6 Å². The van der Waals surface area contributed by atoms with E-state index in [-0.39, 0.29) is 14.9 Å². The Bertz CT molecular complexity index is 406. The Morgan fingerprint density at radius 2 is 1.62 bits per heavy atom. The molecule has 88 valence electrons. The van der Waals surface area contributed by atoms with Crippen molar-refractivity contribution < 1.29 is 8.78 Å². The topological polar surface area (TPSA) is 16.1 Å². The molecule has 1 aliphatic heterocycles. The minimum absolute atomic E-state index is 0.0429. The minimum atomic E-state index is -0.696. The zero-order chi connectivity index (χ0) is 11.7. The van der Waals surface area contributed by atoms with E-state index in [1.165, 1.54) is 0 Å². The smallest absolute Gasteiger partial charge is 0.182 e. The fraction of sp³-hybridized carbons (Fsp3) is 0.500. The van der Waals surface area contributed by atoms with Crippen molar-refractivity contribution in [2.24, 2.45) is 0 Å². The molecule has 1 aromatic rings. The average Bonchev–Trinajstić information content (AvgIpc) is 2.32. The van der Waals surface area contributed by atoms with Crippen LogP contribution < -0.4 is 4.90 Å². The lowest BCUT2D eigenvalue weighted by atomic mass is 10.1. The third kappa shape index (κ3) is 2.22. The molecule has 0 unspecified atom stereocenters. The summed E-state index contributed by atoms with van der Waals surface area (Å²) in [7, 11) is 0. The molecule has 0 aromatic carbocycles. The zero-order valence-electron chi connectivity index (χ0n) is 8.44. The standard InChI is InChI=1S/C10H10Br2F2N2/c11-6-7(13)9(12)15-10(8(6)14)16-4-2-1-3-5-16/h1-5H2. The summed E-state index contributed by atoms with van der Waals surface area (Å²) in [5.41, 5.74) is 0. The summed E-state index contributed by atoms with van der Waals surface area (Å²) in [4.78, 5) is 5.77. The first-order chi connectivity index (χ1) is 7.61. The van der Waals surface area contributed by atoms with Gasteiger partial charge in [-0.25, -0.2) is 13.8 Å². The van der Waals surface area contributed by atoms with Gasteiger partial charge in [0.15, 0.2) is 17.5 Å². The van der Waals surface area contributed by atoms with Crippen LogP contribution in [0.15, 0.2) is 9.08 Å². The van der Waals surface area contributed by atoms with Crippen LogP contribution in [0.1, 0.15) is 19.3 Å². The number of hydrogen-bond acceptors (Lipinski definition) is 2. The van der Waals surface area contributed by atoms with E-state index in [9.17, 15) is 8.78 Å². The predicted molar refractivity (Wildman–Crippen MR) is 65.6 cm³/mol. The predicted octanol–water partition coefficient (Wildman–Crippen LogP) is 3.88. The van der Waals surface area contributed by atoms with Crippen molar-refractivity contribution in [2.45, 2.75) is 19.3 Å². The number of nitrogens with zero attached hydrogens (tertiary/aromatic N) is 2. The van der Waals surface area contributed by atoms with Crippen LogP contribution in [0.5, 0.6) is 0 Å². The normalized spacial score (nSPS) is 16.6. The van der Waals surface area contributed by atoms with Crippen molar-refractivity contribution in [1.29, 1.82) is 0 Å². The number of anilines is 1. The molecule has 0 aliphatic carbocycles. The van der Waals surface area contributed by atoms with Crippen LogP contribution in [0.25, 0.3) is 0 Å². The van der Waals surface area contributed by atoms with Crippen molar-refractivity contribution in [3.05, 3.63) is 20.7 Å². The molecule has 1 saturated heterocycles. The van der Waals surface area contributed by atoms with E-state index in [0.717, 1.165) is 32.4 Å². The highest BCUT2D eigenvalue weighted by Gasteiger charge is 2.22. The second-order valence-electron chi connectivity index (χ2n) is 3.72. The van der Waals surface area contributed by atoms with Crippen molar-refractivity contribution in [2.75, 3.05) is 18.0 Å². The van der Waals surface area contributed by atoms with Crippen LogP contribution in [0.2, 0.25) is 0 Å². The highest BCUT2D eigenvalue weighted by atomic mass is 79.9. The van der Waals surface area contributed by atoms with E-state index >= 15 is 0 Å². The summed E-state index contributed by atoms with van der Waals surface area (Å²) in [6.07, 6.45) is 3.20. The molecule has 1 aliphatic rings. The van der Waals surface area contributed by atoms with Gasteiger partial charge in [0.2, 0.25) is 0 Å². The van der Waals surface area contributed by atoms with E-state index in [2.05, 4.69) is 36.8 Å². The van der Waals surface area contributed by atoms with E-state index in [1.807, 2.05) is 4.90 Å². The quantitative estimate of drug-likeness (QED) is 0.711. The van der Waals surface area contributed by atoms with Crippen molar-refractivity contribution in [3.8, 4) is 0 Å². The van der Waals surface area contributed by atoms with Crippen LogP contribution in [-0.2, 0) is 0 Å². The molecule has 0 amide bonds. The molecule has 2 rings (SSSR count). The number of rotatable bonds is 1. The Balaban J connectivity index is 2.40. The van der Waals surface area contributed by atoms with Crippen molar-refractivity contribution in [3.63, 3.8) is 0 Å². The van der Waals surface area contributed by atoms with Gasteiger partial charge in [-0.3, -0.25) is 0 Å². The van der Waals surface area contributed by atoms with Crippen LogP contribution in [0.3, 0.4) is 0 Å². The number of pyridine rings is 1. The second kappa shape index (κ2) is 4.96. The summed E-state index contributed by atoms with van der Waals surface area (Å²) in [6, 6.07) is 0. The van der Waals surface area contributed by atoms with Gasteiger partial charge in [0.25, 0.3) is 0 Å². The first-order valence-electron chi connectivity index (χ1n) is 5.06. The van der Waals surface area contributed by atoms with Gasteiger partial charge in [-0.2, -0.15) is 0 Å². The third-order valence-corrected chi connectivity index (χ3v) is 3.84. The Morgan fingerprint density at radius 1 is 1.00 bits per heavy atom. The molecule has 16 heavy (non-hydrogen) atoms. The van der Waals surface area contributed by atoms with Crippen LogP contribution in [0.4, 0.5) is 14.6 Å². The van der Waals surface area contributed by atoms with E-state index in [1.54, 1.807) is 0 Å². The molecule has 2 nitrogen and oxygen atoms in total. The summed E-state index contributed by atoms with van der Waals surface area (Å²) in [5.74, 6) is -1.10. The molecule has 0 atom stereocenters. The fourth-order valence-electron chi connectivity index (χ4n) is 1.79. The Morgan fingerprint density at radius 3 is 2.25 bits per heavy atom. The van der Waals surface area contributed by atoms with Gasteiger partial charge in [0.05, 0.1) is 4.47 Å². The highest BCUT2D eigenvalue weighted by Crippen LogP contribution is 2.32. The van der Waals surface area contributed by atoms with Crippen molar-refractivity contribution in [1.82, 2.24) is 4.98 Å². The maximum absolute atomic E-state index is 13.8. The van der Waals surface area contributed by atoms with Crippen LogP contribution >= 0.6 is 31.9 Å². The molecule has 1 fully saturated rings. The second-order valence-corrected chi connectivity index (χ2v) is 5.26. The number of halogens is 4. The van der Waals surface area contributed by atoms with Gasteiger partial charge in [-0.15, -0.1) is 0 Å². The lowest BCUT2D eigenvalue weighted by Crippen LogP contribution is -2.31. The largest absolute Gasteiger partial charge is 0.354 e. The van der Waals surface area contributed by atoms with Crippen LogP contribution in [-0.4, -0.2) is 18.1 Å². The number of aromatic nitrogens is 1. The minimum Gasteiger partial charge on any atom is -0.354 e. The van der Waals surface area contributed by atoms with Crippen molar-refractivity contribution >= 4 is 37.7 Å². The molecule has 1 aromatic heterocycles. The first kappa shape index (κ1) is 12.2. The lowest BCUT2D eigenvalue weighted by molar-refractivity contribution is 0.527. The maximum atomic E-state index is 13.8. The van der Waals surface area contributed by atoms with E-state index in [4.69, 9.17) is 0 Å². The summed E-state index contributed by atoms with van der Waals surface area (Å²) in [6.45, 7) is 1.54. The fourth-order valence-corrected chi connectivity index (χ4v) is 2.79. The summed E-state index contributed by atoms with van der Waals surface area (Å²) in [5, 5.41) is 0. The monoisotopic (exact) mass is 354 g/mol. The molecule has 0 saturated carbocycles. The Hall–Kier alpha value is -0.230.